The zero-order valence-electron chi connectivity index (χ0n) is 10.8. The number of halogens is 3. The minimum absolute atomic E-state index is 0.270. The van der Waals surface area contributed by atoms with Crippen molar-refractivity contribution >= 4 is 50.3 Å². The van der Waals surface area contributed by atoms with E-state index in [0.717, 1.165) is 29.0 Å². The third-order valence-corrected chi connectivity index (χ3v) is 4.68. The van der Waals surface area contributed by atoms with E-state index in [1.807, 2.05) is 0 Å². The van der Waals surface area contributed by atoms with E-state index in [9.17, 15) is 4.39 Å². The van der Waals surface area contributed by atoms with Crippen LogP contribution < -0.4 is 0 Å². The number of hydrogen-bond donors (Lipinski definition) is 0. The first kappa shape index (κ1) is 15.1. The Bertz CT molecular complexity index is 588. The summed E-state index contributed by atoms with van der Waals surface area (Å²) in [6.45, 7) is 2.12. The van der Waals surface area contributed by atoms with Gasteiger partial charge in [-0.25, -0.2) is 9.37 Å². The first-order valence-corrected chi connectivity index (χ1v) is 8.75. The van der Waals surface area contributed by atoms with Gasteiger partial charge in [0.15, 0.2) is 0 Å². The minimum Gasteiger partial charge on any atom is -0.323 e. The van der Waals surface area contributed by atoms with Gasteiger partial charge in [0.25, 0.3) is 0 Å². The topological polar surface area (TPSA) is 17.8 Å². The summed E-state index contributed by atoms with van der Waals surface area (Å²) >= 11 is 11.0. The van der Waals surface area contributed by atoms with Gasteiger partial charge in [0.2, 0.25) is 0 Å². The summed E-state index contributed by atoms with van der Waals surface area (Å²) in [6, 6.07) is 3.53. The fourth-order valence-corrected chi connectivity index (χ4v) is 3.50. The number of nitrogens with zero attached hydrogens (tertiary/aromatic N) is 2. The third-order valence-electron chi connectivity index (χ3n) is 3.12. The van der Waals surface area contributed by atoms with Crippen LogP contribution in [0.1, 0.15) is 25.2 Å². The number of alkyl halides is 1. The number of rotatable bonds is 5. The fourth-order valence-electron chi connectivity index (χ4n) is 2.21. The van der Waals surface area contributed by atoms with E-state index in [0.29, 0.717) is 10.4 Å². The Labute approximate surface area is 129 Å². The van der Waals surface area contributed by atoms with Crippen LogP contribution in [0.2, 0.25) is 0 Å². The van der Waals surface area contributed by atoms with E-state index in [4.69, 9.17) is 11.6 Å². The van der Waals surface area contributed by atoms with Crippen molar-refractivity contribution in [3.8, 4) is 0 Å². The molecule has 2 nitrogen and oxygen atoms in total. The maximum atomic E-state index is 13.8. The van der Waals surface area contributed by atoms with Crippen LogP contribution in [0.5, 0.6) is 0 Å². The fraction of sp³-hybridized carbons (Fsp3) is 0.462. The van der Waals surface area contributed by atoms with Crippen molar-refractivity contribution < 1.29 is 4.39 Å². The van der Waals surface area contributed by atoms with Crippen molar-refractivity contribution in [2.24, 2.45) is 0 Å². The summed E-state index contributed by atoms with van der Waals surface area (Å²) in [5.74, 6) is 1.83. The van der Waals surface area contributed by atoms with Crippen LogP contribution in [0.15, 0.2) is 16.6 Å². The lowest BCUT2D eigenvalue weighted by atomic mass is 10.2. The number of aromatic nitrogens is 2. The molecular weight excluding hydrogens is 351 g/mol. The van der Waals surface area contributed by atoms with Gasteiger partial charge in [-0.2, -0.15) is 11.8 Å². The Morgan fingerprint density at radius 1 is 1.53 bits per heavy atom. The molecule has 0 aliphatic heterocycles. The zero-order valence-corrected chi connectivity index (χ0v) is 13.9. The van der Waals surface area contributed by atoms with E-state index in [-0.39, 0.29) is 11.9 Å². The Kier molecular flexibility index (Phi) is 5.15. The number of fused-ring (bicyclic) bond motifs is 1. The van der Waals surface area contributed by atoms with E-state index in [2.05, 4.69) is 38.7 Å². The molecule has 1 unspecified atom stereocenters. The van der Waals surface area contributed by atoms with Gasteiger partial charge < -0.3 is 4.57 Å². The predicted molar refractivity (Wildman–Crippen MR) is 84.7 cm³/mol. The van der Waals surface area contributed by atoms with Crippen LogP contribution >= 0.6 is 39.3 Å². The van der Waals surface area contributed by atoms with E-state index < -0.39 is 0 Å². The van der Waals surface area contributed by atoms with Crippen LogP contribution in [0.4, 0.5) is 4.39 Å². The summed E-state index contributed by atoms with van der Waals surface area (Å²) in [5.41, 5.74) is 1.60. The zero-order chi connectivity index (χ0) is 14.0. The Morgan fingerprint density at radius 2 is 2.26 bits per heavy atom. The normalized spacial score (nSPS) is 13.1. The van der Waals surface area contributed by atoms with Crippen LogP contribution in [0.3, 0.4) is 0 Å². The summed E-state index contributed by atoms with van der Waals surface area (Å²) in [6.07, 6.45) is 3.03. The highest BCUT2D eigenvalue weighted by molar-refractivity contribution is 9.10. The molecule has 0 amide bonds. The molecule has 19 heavy (non-hydrogen) atoms. The second-order valence-electron chi connectivity index (χ2n) is 4.30. The standard InChI is InChI=1S/C13H15BrClFN2S/c1-3-8(7-19-2)18-12-5-10(16)9(14)4-11(12)17-13(18)6-15/h4-5,8H,3,6-7H2,1-2H3. The first-order chi connectivity index (χ1) is 9.12. The van der Waals surface area contributed by atoms with Gasteiger partial charge in [-0.1, -0.05) is 6.92 Å². The quantitative estimate of drug-likeness (QED) is 0.695. The molecule has 1 heterocycles. The van der Waals surface area contributed by atoms with Gasteiger partial charge in [-0.3, -0.25) is 0 Å². The molecule has 1 aromatic carbocycles. The molecule has 0 saturated heterocycles. The van der Waals surface area contributed by atoms with Crippen LogP contribution in [0, 0.1) is 5.82 Å². The molecule has 0 N–H and O–H groups in total. The summed E-state index contributed by atoms with van der Waals surface area (Å²) in [4.78, 5) is 4.51. The Hall–Kier alpha value is -0.260. The SMILES string of the molecule is CCC(CSC)n1c(CCl)nc2cc(Br)c(F)cc21. The minimum atomic E-state index is -0.270. The van der Waals surface area contributed by atoms with Crippen molar-refractivity contribution in [1.29, 1.82) is 0 Å². The Balaban J connectivity index is 2.65. The highest BCUT2D eigenvalue weighted by Gasteiger charge is 2.18. The second-order valence-corrected chi connectivity index (χ2v) is 6.34. The Morgan fingerprint density at radius 3 is 2.84 bits per heavy atom. The molecule has 1 aromatic heterocycles. The smallest absolute Gasteiger partial charge is 0.139 e. The maximum absolute atomic E-state index is 13.8. The van der Waals surface area contributed by atoms with Gasteiger partial charge in [-0.05, 0) is 34.7 Å². The molecule has 0 bridgehead atoms. The molecule has 0 saturated carbocycles. The summed E-state index contributed by atoms with van der Waals surface area (Å²) in [5, 5.41) is 0. The van der Waals surface area contributed by atoms with Crippen LogP contribution in [-0.4, -0.2) is 21.6 Å². The van der Waals surface area contributed by atoms with E-state index >= 15 is 0 Å². The summed E-state index contributed by atoms with van der Waals surface area (Å²) < 4.78 is 16.3. The molecule has 104 valence electrons. The van der Waals surface area contributed by atoms with E-state index in [1.54, 1.807) is 17.8 Å². The monoisotopic (exact) mass is 364 g/mol. The van der Waals surface area contributed by atoms with Crippen molar-refractivity contribution in [3.05, 3.63) is 28.2 Å². The highest BCUT2D eigenvalue weighted by Crippen LogP contribution is 2.29. The van der Waals surface area contributed by atoms with Crippen molar-refractivity contribution in [2.45, 2.75) is 25.3 Å². The van der Waals surface area contributed by atoms with Crippen molar-refractivity contribution in [2.75, 3.05) is 12.0 Å². The largest absolute Gasteiger partial charge is 0.323 e. The molecule has 0 radical (unpaired) electrons. The van der Waals surface area contributed by atoms with Gasteiger partial charge >= 0.3 is 0 Å². The summed E-state index contributed by atoms with van der Waals surface area (Å²) in [7, 11) is 0. The van der Waals surface area contributed by atoms with Crippen molar-refractivity contribution in [1.82, 2.24) is 9.55 Å². The maximum Gasteiger partial charge on any atom is 0.139 e. The highest BCUT2D eigenvalue weighted by atomic mass is 79.9. The predicted octanol–water partition coefficient (Wildman–Crippen LogP) is 4.99. The molecule has 0 aliphatic rings. The molecule has 0 aliphatic carbocycles. The molecule has 6 heteroatoms. The lowest BCUT2D eigenvalue weighted by Crippen LogP contribution is -2.13. The van der Waals surface area contributed by atoms with Gasteiger partial charge in [0.05, 0.1) is 21.4 Å². The molecule has 2 rings (SSSR count). The molecule has 1 atom stereocenters. The van der Waals surface area contributed by atoms with E-state index in [1.165, 1.54) is 6.07 Å². The number of benzene rings is 1. The van der Waals surface area contributed by atoms with Gasteiger partial charge in [0, 0.05) is 17.9 Å². The lowest BCUT2D eigenvalue weighted by molar-refractivity contribution is 0.537. The number of thioether (sulfide) groups is 1. The van der Waals surface area contributed by atoms with Crippen molar-refractivity contribution in [3.63, 3.8) is 0 Å². The van der Waals surface area contributed by atoms with Crippen LogP contribution in [0.25, 0.3) is 11.0 Å². The molecule has 0 fully saturated rings. The molecular formula is C13H15BrClFN2S. The number of hydrogen-bond acceptors (Lipinski definition) is 2. The second kappa shape index (κ2) is 6.46. The first-order valence-electron chi connectivity index (χ1n) is 6.03. The number of imidazole rings is 1. The molecule has 0 spiro atoms. The van der Waals surface area contributed by atoms with Gasteiger partial charge in [-0.15, -0.1) is 11.6 Å². The lowest BCUT2D eigenvalue weighted by Gasteiger charge is -2.19. The van der Waals surface area contributed by atoms with Crippen LogP contribution in [-0.2, 0) is 5.88 Å². The average molecular weight is 366 g/mol. The third kappa shape index (κ3) is 2.93. The molecule has 2 aromatic rings. The van der Waals surface area contributed by atoms with Gasteiger partial charge in [0.1, 0.15) is 11.6 Å². The average Bonchev–Trinajstić information content (AvgIpc) is 2.74.